The maximum atomic E-state index is 12.2. The molecular formula is C17H20N2O4S. The van der Waals surface area contributed by atoms with Gasteiger partial charge in [-0.15, -0.1) is 0 Å². The number of carbonyl (C=O) groups is 1. The van der Waals surface area contributed by atoms with Gasteiger partial charge in [-0.2, -0.15) is 0 Å². The second kappa shape index (κ2) is 7.57. The number of rotatable bonds is 7. The van der Waals surface area contributed by atoms with Crippen LogP contribution in [0.2, 0.25) is 0 Å². The first-order valence-electron chi connectivity index (χ1n) is 7.38. The SMILES string of the molecule is CN(C)CCNS(=O)(=O)c1ccc(-c2ccccc2C(=O)O)cc1. The van der Waals surface area contributed by atoms with Crippen LogP contribution in [0.3, 0.4) is 0 Å². The highest BCUT2D eigenvalue weighted by Crippen LogP contribution is 2.25. The summed E-state index contributed by atoms with van der Waals surface area (Å²) in [5.41, 5.74) is 1.38. The van der Waals surface area contributed by atoms with Crippen LogP contribution in [0.4, 0.5) is 0 Å². The molecule has 0 aliphatic rings. The monoisotopic (exact) mass is 348 g/mol. The minimum atomic E-state index is -3.57. The molecule has 0 unspecified atom stereocenters. The molecule has 6 nitrogen and oxygen atoms in total. The van der Waals surface area contributed by atoms with E-state index in [0.29, 0.717) is 24.2 Å². The fraction of sp³-hybridized carbons (Fsp3) is 0.235. The molecule has 2 aromatic carbocycles. The zero-order chi connectivity index (χ0) is 17.7. The Kier molecular flexibility index (Phi) is 5.71. The van der Waals surface area contributed by atoms with Gasteiger partial charge in [-0.25, -0.2) is 17.9 Å². The number of carboxylic acid groups (broad SMARTS) is 1. The van der Waals surface area contributed by atoms with Gasteiger partial charge in [0, 0.05) is 13.1 Å². The fourth-order valence-corrected chi connectivity index (χ4v) is 3.24. The van der Waals surface area contributed by atoms with Crippen molar-refractivity contribution < 1.29 is 18.3 Å². The Morgan fingerprint density at radius 2 is 1.71 bits per heavy atom. The normalized spacial score (nSPS) is 11.6. The predicted octanol–water partition coefficient (Wildman–Crippen LogP) is 1.89. The largest absolute Gasteiger partial charge is 0.478 e. The van der Waals surface area contributed by atoms with Crippen molar-refractivity contribution in [2.75, 3.05) is 27.2 Å². The van der Waals surface area contributed by atoms with Crippen LogP contribution < -0.4 is 4.72 Å². The van der Waals surface area contributed by atoms with Crippen LogP contribution >= 0.6 is 0 Å². The molecule has 2 rings (SSSR count). The second-order valence-electron chi connectivity index (χ2n) is 5.58. The summed E-state index contributed by atoms with van der Waals surface area (Å²) in [6.45, 7) is 0.919. The first-order valence-corrected chi connectivity index (χ1v) is 8.87. The van der Waals surface area contributed by atoms with Crippen molar-refractivity contribution in [2.45, 2.75) is 4.90 Å². The zero-order valence-electron chi connectivity index (χ0n) is 13.6. The smallest absolute Gasteiger partial charge is 0.336 e. The van der Waals surface area contributed by atoms with Crippen LogP contribution in [0.5, 0.6) is 0 Å². The molecule has 0 bridgehead atoms. The summed E-state index contributed by atoms with van der Waals surface area (Å²) in [5.74, 6) is -1.02. The maximum Gasteiger partial charge on any atom is 0.336 e. The van der Waals surface area contributed by atoms with Gasteiger partial charge in [-0.05, 0) is 43.4 Å². The number of hydrogen-bond donors (Lipinski definition) is 2. The first kappa shape index (κ1) is 18.1. The van der Waals surface area contributed by atoms with Gasteiger partial charge in [-0.1, -0.05) is 30.3 Å². The molecule has 0 fully saturated rings. The summed E-state index contributed by atoms with van der Waals surface area (Å²) in [5, 5.41) is 9.24. The van der Waals surface area contributed by atoms with Gasteiger partial charge in [0.15, 0.2) is 0 Å². The molecule has 2 N–H and O–H groups in total. The first-order chi connectivity index (χ1) is 11.3. The molecule has 128 valence electrons. The third kappa shape index (κ3) is 4.41. The average molecular weight is 348 g/mol. The Morgan fingerprint density at radius 3 is 2.29 bits per heavy atom. The number of likely N-dealkylation sites (N-methyl/N-ethyl adjacent to an activating group) is 1. The maximum absolute atomic E-state index is 12.2. The molecule has 0 heterocycles. The van der Waals surface area contributed by atoms with Gasteiger partial charge >= 0.3 is 5.97 Å². The number of sulfonamides is 1. The molecule has 0 aromatic heterocycles. The highest BCUT2D eigenvalue weighted by molar-refractivity contribution is 7.89. The van der Waals surface area contributed by atoms with E-state index in [0.717, 1.165) is 0 Å². The molecule has 0 radical (unpaired) electrons. The summed E-state index contributed by atoms with van der Waals surface area (Å²) in [6, 6.07) is 12.8. The van der Waals surface area contributed by atoms with Crippen molar-refractivity contribution >= 4 is 16.0 Å². The number of nitrogens with zero attached hydrogens (tertiary/aromatic N) is 1. The highest BCUT2D eigenvalue weighted by Gasteiger charge is 2.15. The standard InChI is InChI=1S/C17H20N2O4S/c1-19(2)12-11-18-24(22,23)14-9-7-13(8-10-14)15-5-3-4-6-16(15)17(20)21/h3-10,18H,11-12H2,1-2H3,(H,20,21). The van der Waals surface area contributed by atoms with Crippen LogP contribution in [-0.4, -0.2) is 51.6 Å². The van der Waals surface area contributed by atoms with E-state index in [2.05, 4.69) is 4.72 Å². The molecule has 0 amide bonds. The molecule has 0 aliphatic heterocycles. The lowest BCUT2D eigenvalue weighted by atomic mass is 10.00. The number of aromatic carboxylic acids is 1. The van der Waals surface area contributed by atoms with Gasteiger partial charge in [0.25, 0.3) is 0 Å². The van der Waals surface area contributed by atoms with E-state index in [9.17, 15) is 18.3 Å². The molecule has 0 saturated heterocycles. The topological polar surface area (TPSA) is 86.7 Å². The Hall–Kier alpha value is -2.22. The fourth-order valence-electron chi connectivity index (χ4n) is 2.22. The van der Waals surface area contributed by atoms with Crippen molar-refractivity contribution in [3.05, 3.63) is 54.1 Å². The van der Waals surface area contributed by atoms with Crippen LogP contribution in [-0.2, 0) is 10.0 Å². The van der Waals surface area contributed by atoms with Crippen LogP contribution in [0.15, 0.2) is 53.4 Å². The van der Waals surface area contributed by atoms with E-state index in [-0.39, 0.29) is 10.5 Å². The minimum absolute atomic E-state index is 0.151. The quantitative estimate of drug-likeness (QED) is 0.798. The molecule has 24 heavy (non-hydrogen) atoms. The van der Waals surface area contributed by atoms with Crippen LogP contribution in [0.1, 0.15) is 10.4 Å². The predicted molar refractivity (Wildman–Crippen MR) is 92.6 cm³/mol. The van der Waals surface area contributed by atoms with Crippen molar-refractivity contribution in [1.82, 2.24) is 9.62 Å². The van der Waals surface area contributed by atoms with Gasteiger partial charge in [0.05, 0.1) is 10.5 Å². The van der Waals surface area contributed by atoms with E-state index < -0.39 is 16.0 Å². The Balaban J connectivity index is 2.24. The Bertz CT molecular complexity index is 815. The van der Waals surface area contributed by atoms with E-state index in [1.807, 2.05) is 19.0 Å². The minimum Gasteiger partial charge on any atom is -0.478 e. The summed E-state index contributed by atoms with van der Waals surface area (Å²) in [4.78, 5) is 13.3. The Labute approximate surface area is 141 Å². The van der Waals surface area contributed by atoms with E-state index in [4.69, 9.17) is 0 Å². The number of carboxylic acids is 1. The number of nitrogens with one attached hydrogen (secondary N) is 1. The van der Waals surface area contributed by atoms with E-state index in [1.165, 1.54) is 18.2 Å². The zero-order valence-corrected chi connectivity index (χ0v) is 14.4. The average Bonchev–Trinajstić information content (AvgIpc) is 2.54. The lowest BCUT2D eigenvalue weighted by molar-refractivity contribution is 0.0697. The lowest BCUT2D eigenvalue weighted by Crippen LogP contribution is -2.31. The summed E-state index contributed by atoms with van der Waals surface area (Å²) < 4.78 is 27.0. The van der Waals surface area contributed by atoms with E-state index in [1.54, 1.807) is 30.3 Å². The van der Waals surface area contributed by atoms with Crippen LogP contribution in [0, 0.1) is 0 Å². The van der Waals surface area contributed by atoms with Gasteiger partial charge in [-0.3, -0.25) is 0 Å². The molecular weight excluding hydrogens is 328 g/mol. The summed E-state index contributed by atoms with van der Waals surface area (Å²) in [7, 11) is 0.154. The summed E-state index contributed by atoms with van der Waals surface area (Å²) in [6.07, 6.45) is 0. The van der Waals surface area contributed by atoms with Crippen molar-refractivity contribution in [3.8, 4) is 11.1 Å². The lowest BCUT2D eigenvalue weighted by Gasteiger charge is -2.11. The van der Waals surface area contributed by atoms with Gasteiger partial charge in [0.1, 0.15) is 0 Å². The van der Waals surface area contributed by atoms with Crippen LogP contribution in [0.25, 0.3) is 11.1 Å². The molecule has 0 aliphatic carbocycles. The van der Waals surface area contributed by atoms with Crippen molar-refractivity contribution in [3.63, 3.8) is 0 Å². The van der Waals surface area contributed by atoms with Crippen molar-refractivity contribution in [2.24, 2.45) is 0 Å². The number of benzene rings is 2. The molecule has 2 aromatic rings. The van der Waals surface area contributed by atoms with Crippen molar-refractivity contribution in [1.29, 1.82) is 0 Å². The third-order valence-electron chi connectivity index (χ3n) is 3.48. The molecule has 0 spiro atoms. The highest BCUT2D eigenvalue weighted by atomic mass is 32.2. The number of hydrogen-bond acceptors (Lipinski definition) is 4. The molecule has 0 saturated carbocycles. The van der Waals surface area contributed by atoms with Gasteiger partial charge < -0.3 is 10.0 Å². The third-order valence-corrected chi connectivity index (χ3v) is 4.96. The molecule has 7 heteroatoms. The summed E-state index contributed by atoms with van der Waals surface area (Å²) >= 11 is 0. The molecule has 0 atom stereocenters. The van der Waals surface area contributed by atoms with Gasteiger partial charge in [0.2, 0.25) is 10.0 Å². The Morgan fingerprint density at radius 1 is 1.08 bits per heavy atom. The van der Waals surface area contributed by atoms with E-state index >= 15 is 0 Å². The second-order valence-corrected chi connectivity index (χ2v) is 7.34.